The van der Waals surface area contributed by atoms with E-state index < -0.39 is 24.0 Å². The van der Waals surface area contributed by atoms with Crippen molar-refractivity contribution in [3.8, 4) is 0 Å². The predicted octanol–water partition coefficient (Wildman–Crippen LogP) is 3.41. The van der Waals surface area contributed by atoms with E-state index in [2.05, 4.69) is 0 Å². The van der Waals surface area contributed by atoms with Crippen LogP contribution in [-0.4, -0.2) is 18.8 Å². The lowest BCUT2D eigenvalue weighted by atomic mass is 9.91. The minimum Gasteiger partial charge on any atom is -0.465 e. The number of rotatable bonds is 5. The van der Waals surface area contributed by atoms with Gasteiger partial charge in [0.15, 0.2) is 0 Å². The summed E-state index contributed by atoms with van der Waals surface area (Å²) in [6, 6.07) is 0. The van der Waals surface area contributed by atoms with Crippen LogP contribution in [0.2, 0.25) is 0 Å². The zero-order valence-corrected chi connectivity index (χ0v) is 10.1. The van der Waals surface area contributed by atoms with E-state index in [9.17, 15) is 18.0 Å². The molecule has 0 fully saturated rings. The minimum absolute atomic E-state index is 0.127. The topological polar surface area (TPSA) is 26.3 Å². The number of carbonyl (C=O) groups excluding carboxylic acids is 1. The second-order valence-electron chi connectivity index (χ2n) is 4.37. The van der Waals surface area contributed by atoms with Gasteiger partial charge in [-0.3, -0.25) is 4.79 Å². The Kier molecular flexibility index (Phi) is 5.83. The van der Waals surface area contributed by atoms with Gasteiger partial charge in [0.25, 0.3) is 0 Å². The van der Waals surface area contributed by atoms with Crippen LogP contribution < -0.4 is 0 Å². The second-order valence-corrected chi connectivity index (χ2v) is 4.37. The molecule has 0 rings (SSSR count). The van der Waals surface area contributed by atoms with Crippen LogP contribution in [0, 0.1) is 17.8 Å². The smallest absolute Gasteiger partial charge is 0.392 e. The predicted molar refractivity (Wildman–Crippen MR) is 54.8 cm³/mol. The van der Waals surface area contributed by atoms with Crippen molar-refractivity contribution in [2.24, 2.45) is 17.8 Å². The SMILES string of the molecule is CCC(C(=O)OCC(C)C)C(C)C(F)(F)F. The zero-order valence-electron chi connectivity index (χ0n) is 10.1. The fraction of sp³-hybridized carbons (Fsp3) is 0.909. The lowest BCUT2D eigenvalue weighted by molar-refractivity contribution is -0.194. The van der Waals surface area contributed by atoms with E-state index in [1.165, 1.54) is 0 Å². The molecule has 5 heteroatoms. The highest BCUT2D eigenvalue weighted by molar-refractivity contribution is 5.72. The Balaban J connectivity index is 4.43. The summed E-state index contributed by atoms with van der Waals surface area (Å²) in [5.41, 5.74) is 0. The van der Waals surface area contributed by atoms with Crippen molar-refractivity contribution in [1.82, 2.24) is 0 Å². The number of esters is 1. The van der Waals surface area contributed by atoms with Gasteiger partial charge < -0.3 is 4.74 Å². The Hall–Kier alpha value is -0.740. The molecule has 0 heterocycles. The highest BCUT2D eigenvalue weighted by Crippen LogP contribution is 2.33. The average molecular weight is 240 g/mol. The van der Waals surface area contributed by atoms with Crippen LogP contribution in [0.3, 0.4) is 0 Å². The van der Waals surface area contributed by atoms with Crippen molar-refractivity contribution in [2.45, 2.75) is 40.3 Å². The highest BCUT2D eigenvalue weighted by Gasteiger charge is 2.43. The molecule has 0 bridgehead atoms. The summed E-state index contributed by atoms with van der Waals surface area (Å²) in [6.07, 6.45) is -4.21. The molecule has 0 amide bonds. The Bertz CT molecular complexity index is 224. The first-order valence-corrected chi connectivity index (χ1v) is 5.43. The highest BCUT2D eigenvalue weighted by atomic mass is 19.4. The van der Waals surface area contributed by atoms with Gasteiger partial charge in [-0.25, -0.2) is 0 Å². The summed E-state index contributed by atoms with van der Waals surface area (Å²) in [6.45, 7) is 6.41. The summed E-state index contributed by atoms with van der Waals surface area (Å²) in [5.74, 6) is -3.38. The zero-order chi connectivity index (χ0) is 12.9. The Labute approximate surface area is 94.2 Å². The molecule has 2 unspecified atom stereocenters. The molecular weight excluding hydrogens is 221 g/mol. The monoisotopic (exact) mass is 240 g/mol. The van der Waals surface area contributed by atoms with Crippen molar-refractivity contribution < 1.29 is 22.7 Å². The van der Waals surface area contributed by atoms with Crippen molar-refractivity contribution in [3.63, 3.8) is 0 Å². The van der Waals surface area contributed by atoms with Crippen LogP contribution in [0.5, 0.6) is 0 Å². The van der Waals surface area contributed by atoms with Gasteiger partial charge in [-0.1, -0.05) is 27.7 Å². The largest absolute Gasteiger partial charge is 0.465 e. The molecule has 96 valence electrons. The Morgan fingerprint density at radius 3 is 2.06 bits per heavy atom. The van der Waals surface area contributed by atoms with Crippen molar-refractivity contribution >= 4 is 5.97 Å². The molecule has 0 aromatic carbocycles. The molecule has 0 aliphatic carbocycles. The molecule has 0 N–H and O–H groups in total. The van der Waals surface area contributed by atoms with Gasteiger partial charge in [-0.05, 0) is 12.3 Å². The van der Waals surface area contributed by atoms with Crippen molar-refractivity contribution in [3.05, 3.63) is 0 Å². The Morgan fingerprint density at radius 2 is 1.75 bits per heavy atom. The normalized spacial score (nSPS) is 16.0. The van der Waals surface area contributed by atoms with Gasteiger partial charge in [-0.15, -0.1) is 0 Å². The fourth-order valence-corrected chi connectivity index (χ4v) is 1.31. The summed E-state index contributed by atoms with van der Waals surface area (Å²) < 4.78 is 42.1. The Morgan fingerprint density at radius 1 is 1.25 bits per heavy atom. The molecule has 16 heavy (non-hydrogen) atoms. The maximum Gasteiger partial charge on any atom is 0.392 e. The molecule has 0 aliphatic heterocycles. The third-order valence-corrected chi connectivity index (χ3v) is 2.42. The van der Waals surface area contributed by atoms with Crippen LogP contribution in [0.25, 0.3) is 0 Å². The van der Waals surface area contributed by atoms with Gasteiger partial charge in [0, 0.05) is 0 Å². The molecule has 0 aromatic rings. The van der Waals surface area contributed by atoms with Gasteiger partial charge in [0.2, 0.25) is 0 Å². The first kappa shape index (κ1) is 15.3. The number of hydrogen-bond donors (Lipinski definition) is 0. The summed E-state index contributed by atoms with van der Waals surface area (Å²) in [5, 5.41) is 0. The number of halogens is 3. The van der Waals surface area contributed by atoms with Gasteiger partial charge in [0.05, 0.1) is 18.4 Å². The maximum atomic E-state index is 12.4. The third-order valence-electron chi connectivity index (χ3n) is 2.42. The van der Waals surface area contributed by atoms with E-state index in [4.69, 9.17) is 4.74 Å². The van der Waals surface area contributed by atoms with E-state index in [0.29, 0.717) is 0 Å². The fourth-order valence-electron chi connectivity index (χ4n) is 1.31. The summed E-state index contributed by atoms with van der Waals surface area (Å²) in [4.78, 5) is 11.4. The lowest BCUT2D eigenvalue weighted by Crippen LogP contribution is -2.34. The summed E-state index contributed by atoms with van der Waals surface area (Å²) >= 11 is 0. The standard InChI is InChI=1S/C11H19F3O2/c1-5-9(8(4)11(12,13)14)10(15)16-6-7(2)3/h7-9H,5-6H2,1-4H3. The number of ether oxygens (including phenoxy) is 1. The van der Waals surface area contributed by atoms with Gasteiger partial charge in [-0.2, -0.15) is 13.2 Å². The van der Waals surface area contributed by atoms with E-state index in [-0.39, 0.29) is 18.9 Å². The van der Waals surface area contributed by atoms with E-state index in [1.54, 1.807) is 6.92 Å². The van der Waals surface area contributed by atoms with Crippen molar-refractivity contribution in [1.29, 1.82) is 0 Å². The van der Waals surface area contributed by atoms with E-state index >= 15 is 0 Å². The van der Waals surface area contributed by atoms with Crippen LogP contribution in [-0.2, 0) is 9.53 Å². The molecule has 0 saturated carbocycles. The quantitative estimate of drug-likeness (QED) is 0.688. The lowest BCUT2D eigenvalue weighted by Gasteiger charge is -2.23. The first-order valence-electron chi connectivity index (χ1n) is 5.43. The number of hydrogen-bond acceptors (Lipinski definition) is 2. The van der Waals surface area contributed by atoms with E-state index in [0.717, 1.165) is 6.92 Å². The van der Waals surface area contributed by atoms with Gasteiger partial charge >= 0.3 is 12.1 Å². The number of carbonyl (C=O) groups is 1. The second kappa shape index (κ2) is 6.11. The van der Waals surface area contributed by atoms with Crippen LogP contribution in [0.1, 0.15) is 34.1 Å². The van der Waals surface area contributed by atoms with E-state index in [1.807, 2.05) is 13.8 Å². The van der Waals surface area contributed by atoms with Crippen molar-refractivity contribution in [2.75, 3.05) is 6.61 Å². The number of alkyl halides is 3. The molecule has 0 saturated heterocycles. The minimum atomic E-state index is -4.35. The average Bonchev–Trinajstić information content (AvgIpc) is 2.14. The van der Waals surface area contributed by atoms with Crippen LogP contribution in [0.4, 0.5) is 13.2 Å². The molecule has 0 spiro atoms. The summed E-state index contributed by atoms with van der Waals surface area (Å²) in [7, 11) is 0. The van der Waals surface area contributed by atoms with Crippen LogP contribution in [0.15, 0.2) is 0 Å². The first-order chi connectivity index (χ1) is 7.20. The molecule has 0 aliphatic rings. The van der Waals surface area contributed by atoms with Gasteiger partial charge in [0.1, 0.15) is 0 Å². The van der Waals surface area contributed by atoms with Crippen LogP contribution >= 0.6 is 0 Å². The molecule has 2 atom stereocenters. The maximum absolute atomic E-state index is 12.4. The third kappa shape index (κ3) is 4.86. The molecular formula is C11H19F3O2. The molecule has 0 radical (unpaired) electrons. The molecule has 2 nitrogen and oxygen atoms in total. The molecule has 0 aromatic heterocycles.